The quantitative estimate of drug-likeness (QED) is 0.660. The highest BCUT2D eigenvalue weighted by Gasteiger charge is 2.16. The van der Waals surface area contributed by atoms with Gasteiger partial charge in [0.05, 0.1) is 6.26 Å². The summed E-state index contributed by atoms with van der Waals surface area (Å²) >= 11 is 5.89. The Kier molecular flexibility index (Phi) is 5.51. The van der Waals surface area contributed by atoms with Crippen LogP contribution >= 0.6 is 11.6 Å². The maximum atomic E-state index is 12.6. The van der Waals surface area contributed by atoms with Gasteiger partial charge >= 0.3 is 0 Å². The first-order valence-electron chi connectivity index (χ1n) is 7.80. The molecule has 5 nitrogen and oxygen atoms in total. The molecule has 2 amide bonds. The third kappa shape index (κ3) is 4.62. The maximum Gasteiger partial charge on any atom is 0.291 e. The highest BCUT2D eigenvalue weighted by atomic mass is 35.5. The van der Waals surface area contributed by atoms with E-state index in [0.29, 0.717) is 16.3 Å². The minimum atomic E-state index is -0.515. The fourth-order valence-electron chi connectivity index (χ4n) is 2.20. The first-order chi connectivity index (χ1) is 12.6. The van der Waals surface area contributed by atoms with Crippen LogP contribution in [0.2, 0.25) is 5.02 Å². The van der Waals surface area contributed by atoms with Crippen molar-refractivity contribution in [1.29, 1.82) is 0 Å². The number of rotatable bonds is 5. The number of hydrogen-bond acceptors (Lipinski definition) is 3. The Hall–Kier alpha value is -3.31. The molecule has 0 spiro atoms. The molecule has 130 valence electrons. The van der Waals surface area contributed by atoms with Gasteiger partial charge in [-0.05, 0) is 48.0 Å². The minimum Gasteiger partial charge on any atom is -0.459 e. The summed E-state index contributed by atoms with van der Waals surface area (Å²) in [6.07, 6.45) is 2.96. The number of para-hydroxylation sites is 1. The summed E-state index contributed by atoms with van der Waals surface area (Å²) in [5, 5.41) is 5.91. The summed E-state index contributed by atoms with van der Waals surface area (Å²) < 4.78 is 5.07. The number of furan rings is 1. The number of nitrogens with one attached hydrogen (secondary N) is 2. The van der Waals surface area contributed by atoms with Crippen LogP contribution in [-0.2, 0) is 4.79 Å². The van der Waals surface area contributed by atoms with Crippen LogP contribution in [0.15, 0.2) is 83.1 Å². The fourth-order valence-corrected chi connectivity index (χ4v) is 2.32. The van der Waals surface area contributed by atoms with E-state index in [2.05, 4.69) is 10.6 Å². The van der Waals surface area contributed by atoms with Gasteiger partial charge in [0, 0.05) is 10.7 Å². The van der Waals surface area contributed by atoms with Crippen molar-refractivity contribution >= 4 is 35.2 Å². The monoisotopic (exact) mass is 366 g/mol. The van der Waals surface area contributed by atoms with E-state index in [1.807, 2.05) is 6.07 Å². The van der Waals surface area contributed by atoms with Crippen LogP contribution < -0.4 is 10.6 Å². The zero-order chi connectivity index (χ0) is 18.4. The van der Waals surface area contributed by atoms with Gasteiger partial charge in [-0.2, -0.15) is 0 Å². The summed E-state index contributed by atoms with van der Waals surface area (Å²) in [5.74, 6) is -0.857. The summed E-state index contributed by atoms with van der Waals surface area (Å²) in [4.78, 5) is 24.9. The number of halogens is 1. The summed E-state index contributed by atoms with van der Waals surface area (Å²) in [6.45, 7) is 0. The van der Waals surface area contributed by atoms with Crippen LogP contribution in [0.5, 0.6) is 0 Å². The van der Waals surface area contributed by atoms with Crippen LogP contribution in [0.4, 0.5) is 5.69 Å². The van der Waals surface area contributed by atoms with E-state index in [-0.39, 0.29) is 11.5 Å². The molecule has 3 rings (SSSR count). The number of amides is 2. The van der Waals surface area contributed by atoms with Gasteiger partial charge in [0.2, 0.25) is 0 Å². The standard InChI is InChI=1S/C20H15ClN2O3/c21-15-10-8-14(9-11-15)13-17(23-20(25)18-7-4-12-26-18)19(24)22-16-5-2-1-3-6-16/h1-13H,(H,22,24)(H,23,25). The Morgan fingerprint density at radius 3 is 2.31 bits per heavy atom. The summed E-state index contributed by atoms with van der Waals surface area (Å²) in [5.41, 5.74) is 1.41. The van der Waals surface area contributed by atoms with E-state index < -0.39 is 11.8 Å². The van der Waals surface area contributed by atoms with Crippen LogP contribution in [0.25, 0.3) is 6.08 Å². The molecule has 0 fully saturated rings. The Morgan fingerprint density at radius 1 is 0.923 bits per heavy atom. The van der Waals surface area contributed by atoms with Gasteiger partial charge in [0.25, 0.3) is 11.8 Å². The second kappa shape index (κ2) is 8.18. The molecule has 0 saturated heterocycles. The topological polar surface area (TPSA) is 71.3 Å². The first kappa shape index (κ1) is 17.5. The van der Waals surface area contributed by atoms with E-state index >= 15 is 0 Å². The number of benzene rings is 2. The first-order valence-corrected chi connectivity index (χ1v) is 8.18. The second-order valence-corrected chi connectivity index (χ2v) is 5.80. The summed E-state index contributed by atoms with van der Waals surface area (Å²) in [6, 6.07) is 19.0. The van der Waals surface area contributed by atoms with Gasteiger partial charge < -0.3 is 15.1 Å². The predicted octanol–water partition coefficient (Wildman–Crippen LogP) is 4.34. The van der Waals surface area contributed by atoms with Crippen molar-refractivity contribution in [3.05, 3.63) is 95.0 Å². The van der Waals surface area contributed by atoms with Crippen molar-refractivity contribution < 1.29 is 14.0 Å². The van der Waals surface area contributed by atoms with Crippen LogP contribution in [0.1, 0.15) is 16.1 Å². The molecule has 0 aliphatic heterocycles. The number of carbonyl (C=O) groups excluding carboxylic acids is 2. The van der Waals surface area contributed by atoms with Crippen molar-refractivity contribution in [2.45, 2.75) is 0 Å². The lowest BCUT2D eigenvalue weighted by Crippen LogP contribution is -2.30. The van der Waals surface area contributed by atoms with Crippen LogP contribution in [0, 0.1) is 0 Å². The molecule has 2 aromatic carbocycles. The second-order valence-electron chi connectivity index (χ2n) is 5.36. The Bertz CT molecular complexity index is 917. The smallest absolute Gasteiger partial charge is 0.291 e. The van der Waals surface area contributed by atoms with Gasteiger partial charge in [-0.15, -0.1) is 0 Å². The number of hydrogen-bond donors (Lipinski definition) is 2. The molecule has 6 heteroatoms. The molecule has 0 aliphatic carbocycles. The van der Waals surface area contributed by atoms with Crippen LogP contribution in [-0.4, -0.2) is 11.8 Å². The van der Waals surface area contributed by atoms with Gasteiger partial charge in [0.1, 0.15) is 5.70 Å². The minimum absolute atomic E-state index is 0.0811. The average Bonchev–Trinajstić information content (AvgIpc) is 3.18. The molecular weight excluding hydrogens is 352 g/mol. The van der Waals surface area contributed by atoms with Gasteiger partial charge in [0.15, 0.2) is 5.76 Å². The normalized spacial score (nSPS) is 11.0. The lowest BCUT2D eigenvalue weighted by Gasteiger charge is -2.10. The van der Waals surface area contributed by atoms with Gasteiger partial charge in [-0.25, -0.2) is 0 Å². The molecule has 1 aromatic heterocycles. The SMILES string of the molecule is O=C(Nc1ccccc1)C(=Cc1ccc(Cl)cc1)NC(=O)c1ccco1. The van der Waals surface area contributed by atoms with E-state index in [1.165, 1.54) is 12.3 Å². The van der Waals surface area contributed by atoms with E-state index in [1.54, 1.807) is 60.7 Å². The van der Waals surface area contributed by atoms with E-state index in [4.69, 9.17) is 16.0 Å². The third-order valence-corrected chi connectivity index (χ3v) is 3.70. The van der Waals surface area contributed by atoms with Crippen LogP contribution in [0.3, 0.4) is 0 Å². The van der Waals surface area contributed by atoms with Crippen molar-refractivity contribution in [1.82, 2.24) is 5.32 Å². The van der Waals surface area contributed by atoms with Crippen molar-refractivity contribution in [2.75, 3.05) is 5.32 Å². The molecule has 0 unspecified atom stereocenters. The molecule has 0 saturated carbocycles. The average molecular weight is 367 g/mol. The largest absolute Gasteiger partial charge is 0.459 e. The summed E-state index contributed by atoms with van der Waals surface area (Å²) in [7, 11) is 0. The molecule has 0 bridgehead atoms. The molecular formula is C20H15ClN2O3. The van der Waals surface area contributed by atoms with Gasteiger partial charge in [-0.1, -0.05) is 41.9 Å². The zero-order valence-electron chi connectivity index (χ0n) is 13.6. The fraction of sp³-hybridized carbons (Fsp3) is 0. The highest BCUT2D eigenvalue weighted by molar-refractivity contribution is 6.30. The Morgan fingerprint density at radius 2 is 1.65 bits per heavy atom. The highest BCUT2D eigenvalue weighted by Crippen LogP contribution is 2.14. The predicted molar refractivity (Wildman–Crippen MR) is 101 cm³/mol. The lowest BCUT2D eigenvalue weighted by molar-refractivity contribution is -0.113. The Balaban J connectivity index is 1.86. The third-order valence-electron chi connectivity index (χ3n) is 3.45. The van der Waals surface area contributed by atoms with Crippen molar-refractivity contribution in [2.24, 2.45) is 0 Å². The zero-order valence-corrected chi connectivity index (χ0v) is 14.4. The van der Waals surface area contributed by atoms with E-state index in [0.717, 1.165) is 0 Å². The maximum absolute atomic E-state index is 12.6. The van der Waals surface area contributed by atoms with Gasteiger partial charge in [-0.3, -0.25) is 9.59 Å². The Labute approximate surface area is 155 Å². The van der Waals surface area contributed by atoms with Crippen molar-refractivity contribution in [3.8, 4) is 0 Å². The molecule has 0 radical (unpaired) electrons. The molecule has 0 aliphatic rings. The number of carbonyl (C=O) groups is 2. The van der Waals surface area contributed by atoms with Crippen molar-refractivity contribution in [3.63, 3.8) is 0 Å². The molecule has 26 heavy (non-hydrogen) atoms. The molecule has 3 aromatic rings. The lowest BCUT2D eigenvalue weighted by atomic mass is 10.2. The molecule has 2 N–H and O–H groups in total. The van der Waals surface area contributed by atoms with E-state index in [9.17, 15) is 9.59 Å². The molecule has 0 atom stereocenters. The molecule has 1 heterocycles. The number of anilines is 1.